The zero-order valence-corrected chi connectivity index (χ0v) is 35.0. The Kier molecular flexibility index (Phi) is 13.0. The number of ketones is 2. The van der Waals surface area contributed by atoms with Crippen LogP contribution in [0.2, 0.25) is 10.0 Å². The molecule has 0 radical (unpaired) electrons. The molecule has 306 valence electrons. The molecular weight excluding hydrogens is 811 g/mol. The Morgan fingerprint density at radius 2 is 1.02 bits per heavy atom. The quantitative estimate of drug-likeness (QED) is 0.0922. The highest BCUT2D eigenvalue weighted by molar-refractivity contribution is 6.49. The van der Waals surface area contributed by atoms with Crippen molar-refractivity contribution >= 4 is 79.8 Å². The maximum Gasteiger partial charge on any atom is 0.296 e. The SMILES string of the molecule is CCOc1ccc2c(c1)c(C(=O)C(=O)Nc1ccncc1)c(C)n2Cc1ccc(Cl)cc1.Cc1c(C(=O)C(=O)Nc2ccncc2)c2ccccc2n1Cc1ccc(Cl)cc1. The number of para-hydroxylation sites is 1. The number of carbonyl (C=O) groups is 4. The molecule has 4 heterocycles. The highest BCUT2D eigenvalue weighted by Gasteiger charge is 2.27. The fourth-order valence-corrected chi connectivity index (χ4v) is 7.40. The lowest BCUT2D eigenvalue weighted by molar-refractivity contribution is -0.113. The van der Waals surface area contributed by atoms with Crippen molar-refractivity contribution in [2.75, 3.05) is 17.2 Å². The summed E-state index contributed by atoms with van der Waals surface area (Å²) in [5.74, 6) is -1.90. The van der Waals surface area contributed by atoms with Gasteiger partial charge in [0.2, 0.25) is 0 Å². The van der Waals surface area contributed by atoms with Crippen LogP contribution in [-0.4, -0.2) is 49.1 Å². The van der Waals surface area contributed by atoms with Crippen molar-refractivity contribution in [3.05, 3.63) is 184 Å². The Balaban J connectivity index is 0.000000185. The van der Waals surface area contributed by atoms with Crippen LogP contribution in [0.4, 0.5) is 11.4 Å². The molecule has 11 nitrogen and oxygen atoms in total. The van der Waals surface area contributed by atoms with E-state index < -0.39 is 23.4 Å². The first-order valence-corrected chi connectivity index (χ1v) is 20.1. The van der Waals surface area contributed by atoms with E-state index in [0.29, 0.717) is 69.1 Å². The van der Waals surface area contributed by atoms with Crippen molar-refractivity contribution < 1.29 is 23.9 Å². The largest absolute Gasteiger partial charge is 0.494 e. The van der Waals surface area contributed by atoms with E-state index >= 15 is 0 Å². The summed E-state index contributed by atoms with van der Waals surface area (Å²) in [5, 5.41) is 8.07. The molecule has 0 spiro atoms. The van der Waals surface area contributed by atoms with Gasteiger partial charge in [0.15, 0.2) is 0 Å². The molecule has 0 saturated heterocycles. The number of ether oxygens (including phenoxy) is 1. The molecule has 0 aliphatic carbocycles. The molecule has 13 heteroatoms. The number of amides is 2. The first-order valence-electron chi connectivity index (χ1n) is 19.4. The van der Waals surface area contributed by atoms with Crippen molar-refractivity contribution in [1.29, 1.82) is 0 Å². The molecule has 0 bridgehead atoms. The van der Waals surface area contributed by atoms with Gasteiger partial charge in [-0.1, -0.05) is 65.7 Å². The smallest absolute Gasteiger partial charge is 0.296 e. The summed E-state index contributed by atoms with van der Waals surface area (Å²) in [4.78, 5) is 59.5. The van der Waals surface area contributed by atoms with Gasteiger partial charge >= 0.3 is 0 Å². The molecule has 4 aromatic carbocycles. The van der Waals surface area contributed by atoms with Crippen LogP contribution in [0, 0.1) is 13.8 Å². The number of pyridine rings is 2. The van der Waals surface area contributed by atoms with Gasteiger partial charge in [0.05, 0.1) is 17.7 Å². The third kappa shape index (κ3) is 9.54. The Bertz CT molecular complexity index is 2880. The summed E-state index contributed by atoms with van der Waals surface area (Å²) in [5.41, 5.74) is 7.11. The normalized spacial score (nSPS) is 10.8. The molecule has 0 fully saturated rings. The number of carbonyl (C=O) groups excluding carboxylic acids is 4. The third-order valence-electron chi connectivity index (χ3n) is 10.1. The molecule has 0 atom stereocenters. The second-order valence-corrected chi connectivity index (χ2v) is 14.9. The Hall–Kier alpha value is -7.08. The third-order valence-corrected chi connectivity index (χ3v) is 10.6. The van der Waals surface area contributed by atoms with Crippen LogP contribution in [0.5, 0.6) is 5.75 Å². The van der Waals surface area contributed by atoms with Gasteiger partial charge in [0.25, 0.3) is 23.4 Å². The summed E-state index contributed by atoms with van der Waals surface area (Å²) in [6.07, 6.45) is 6.22. The predicted octanol–water partition coefficient (Wildman–Crippen LogP) is 10.1. The summed E-state index contributed by atoms with van der Waals surface area (Å²) in [6, 6.07) is 34.9. The number of benzene rings is 4. The first kappa shape index (κ1) is 42.1. The first-order chi connectivity index (χ1) is 29.5. The standard InChI is InChI=1S/C25H22ClN3O3.C23H18ClN3O2/c1-3-32-20-8-9-22-21(14-20)23(24(30)25(31)28-19-10-12-27-13-11-19)16(2)29(22)15-17-4-6-18(26)7-5-17;1-15-21(22(28)23(29)26-18-10-12-25-13-11-18)19-4-2-3-5-20(19)27(15)14-16-6-8-17(24)9-7-16/h4-14H,3,15H2,1-2H3,(H,27,28,31);2-13H,14H2,1H3,(H,25,26,29). The van der Waals surface area contributed by atoms with Gasteiger partial charge in [-0.3, -0.25) is 29.1 Å². The number of fused-ring (bicyclic) bond motifs is 2. The molecule has 0 saturated carbocycles. The lowest BCUT2D eigenvalue weighted by Gasteiger charge is -2.10. The molecule has 0 unspecified atom stereocenters. The number of halogens is 2. The number of hydrogen-bond donors (Lipinski definition) is 2. The minimum absolute atomic E-state index is 0.363. The highest BCUT2D eigenvalue weighted by Crippen LogP contribution is 2.32. The summed E-state index contributed by atoms with van der Waals surface area (Å²) >= 11 is 12.0. The van der Waals surface area contributed by atoms with E-state index in [9.17, 15) is 19.2 Å². The number of Topliss-reactive ketones (excluding diaryl/α,β-unsaturated/α-hetero) is 2. The number of anilines is 2. The van der Waals surface area contributed by atoms with Gasteiger partial charge < -0.3 is 24.5 Å². The average molecular weight is 852 g/mol. The molecule has 2 amide bonds. The lowest BCUT2D eigenvalue weighted by Crippen LogP contribution is -2.23. The van der Waals surface area contributed by atoms with Crippen LogP contribution in [0.3, 0.4) is 0 Å². The van der Waals surface area contributed by atoms with E-state index in [-0.39, 0.29) is 0 Å². The monoisotopic (exact) mass is 850 g/mol. The Morgan fingerprint density at radius 1 is 0.574 bits per heavy atom. The minimum Gasteiger partial charge on any atom is -0.494 e. The summed E-state index contributed by atoms with van der Waals surface area (Å²) in [7, 11) is 0. The van der Waals surface area contributed by atoms with Gasteiger partial charge in [-0.05, 0) is 105 Å². The van der Waals surface area contributed by atoms with Crippen molar-refractivity contribution in [2.24, 2.45) is 0 Å². The fourth-order valence-electron chi connectivity index (χ4n) is 7.15. The van der Waals surface area contributed by atoms with Gasteiger partial charge in [0, 0.05) is 92.5 Å². The van der Waals surface area contributed by atoms with Gasteiger partial charge in [-0.15, -0.1) is 0 Å². The minimum atomic E-state index is -0.702. The summed E-state index contributed by atoms with van der Waals surface area (Å²) in [6.45, 7) is 7.22. The maximum atomic E-state index is 13.3. The molecule has 0 aliphatic heterocycles. The maximum absolute atomic E-state index is 13.3. The average Bonchev–Trinajstić information content (AvgIpc) is 3.70. The van der Waals surface area contributed by atoms with Crippen LogP contribution >= 0.6 is 23.2 Å². The van der Waals surface area contributed by atoms with Gasteiger partial charge in [-0.2, -0.15) is 0 Å². The van der Waals surface area contributed by atoms with Crippen molar-refractivity contribution in [3.8, 4) is 5.75 Å². The van der Waals surface area contributed by atoms with E-state index in [1.165, 1.54) is 0 Å². The predicted molar refractivity (Wildman–Crippen MR) is 240 cm³/mol. The molecule has 61 heavy (non-hydrogen) atoms. The Labute approximate surface area is 361 Å². The van der Waals surface area contributed by atoms with Crippen molar-refractivity contribution in [3.63, 3.8) is 0 Å². The van der Waals surface area contributed by atoms with Crippen molar-refractivity contribution in [2.45, 2.75) is 33.9 Å². The second-order valence-electron chi connectivity index (χ2n) is 14.0. The summed E-state index contributed by atoms with van der Waals surface area (Å²) < 4.78 is 9.72. The topological polar surface area (TPSA) is 137 Å². The van der Waals surface area contributed by atoms with Gasteiger partial charge in [0.1, 0.15) is 5.75 Å². The lowest BCUT2D eigenvalue weighted by atomic mass is 10.1. The van der Waals surface area contributed by atoms with Crippen LogP contribution in [0.15, 0.2) is 140 Å². The molecule has 0 aliphatic rings. The molecule has 4 aromatic heterocycles. The van der Waals surface area contributed by atoms with Gasteiger partial charge in [-0.25, -0.2) is 0 Å². The van der Waals surface area contributed by atoms with Crippen LogP contribution in [0.1, 0.15) is 50.2 Å². The molecule has 8 aromatic rings. The second kappa shape index (κ2) is 18.9. The highest BCUT2D eigenvalue weighted by atomic mass is 35.5. The van der Waals surface area contributed by atoms with Crippen molar-refractivity contribution in [1.82, 2.24) is 19.1 Å². The van der Waals surface area contributed by atoms with Crippen LogP contribution in [0.25, 0.3) is 21.8 Å². The van der Waals surface area contributed by atoms with Crippen LogP contribution < -0.4 is 15.4 Å². The van der Waals surface area contributed by atoms with E-state index in [2.05, 4.69) is 20.6 Å². The molecular formula is C48H40Cl2N6O5. The molecule has 8 rings (SSSR count). The van der Waals surface area contributed by atoms with E-state index in [1.807, 2.05) is 121 Å². The fraction of sp³-hybridized carbons (Fsp3) is 0.125. The number of aromatic nitrogens is 4. The zero-order chi connectivity index (χ0) is 43.0. The number of nitrogens with one attached hydrogen (secondary N) is 2. The Morgan fingerprint density at radius 3 is 1.49 bits per heavy atom. The number of rotatable bonds is 12. The van der Waals surface area contributed by atoms with E-state index in [1.54, 1.807) is 49.1 Å². The number of nitrogens with zero attached hydrogens (tertiary/aromatic N) is 4. The molecule has 2 N–H and O–H groups in total. The zero-order valence-electron chi connectivity index (χ0n) is 33.5. The number of hydrogen-bond acceptors (Lipinski definition) is 7. The van der Waals surface area contributed by atoms with E-state index in [0.717, 1.165) is 33.2 Å². The van der Waals surface area contributed by atoms with E-state index in [4.69, 9.17) is 27.9 Å². The van der Waals surface area contributed by atoms with Crippen LogP contribution in [-0.2, 0) is 22.7 Å².